The maximum atomic E-state index is 11.8. The van der Waals surface area contributed by atoms with Crippen molar-refractivity contribution in [3.8, 4) is 5.75 Å². The van der Waals surface area contributed by atoms with E-state index >= 15 is 0 Å². The zero-order chi connectivity index (χ0) is 25.9. The Kier molecular flexibility index (Phi) is 16.3. The average Bonchev–Trinajstić information content (AvgIpc) is 2.86. The molecule has 0 spiro atoms. The first-order valence-corrected chi connectivity index (χ1v) is 12.9. The van der Waals surface area contributed by atoms with E-state index in [2.05, 4.69) is 18.2 Å². The predicted octanol–water partition coefficient (Wildman–Crippen LogP) is 6.27. The van der Waals surface area contributed by atoms with E-state index in [0.29, 0.717) is 12.2 Å². The van der Waals surface area contributed by atoms with E-state index < -0.39 is 12.1 Å². The molecular formula is C29H44O6. The first-order valence-electron chi connectivity index (χ1n) is 12.9. The highest BCUT2D eigenvalue weighted by Crippen LogP contribution is 2.21. The molecule has 0 amide bonds. The van der Waals surface area contributed by atoms with E-state index in [0.717, 1.165) is 62.7 Å². The first-order chi connectivity index (χ1) is 16.9. The molecule has 1 aromatic rings. The Morgan fingerprint density at radius 3 is 2.31 bits per heavy atom. The number of aliphatic hydroxyl groups is 1. The third-order valence-electron chi connectivity index (χ3n) is 5.91. The van der Waals surface area contributed by atoms with Crippen LogP contribution in [0.1, 0.15) is 83.6 Å². The lowest BCUT2D eigenvalue weighted by atomic mass is 9.92. The minimum absolute atomic E-state index is 0.0390. The summed E-state index contributed by atoms with van der Waals surface area (Å²) in [5, 5.41) is 10.7. The Morgan fingerprint density at radius 2 is 1.66 bits per heavy atom. The number of carbonyl (C=O) groups is 2. The summed E-state index contributed by atoms with van der Waals surface area (Å²) in [4.78, 5) is 22.9. The van der Waals surface area contributed by atoms with Crippen molar-refractivity contribution < 1.29 is 28.9 Å². The van der Waals surface area contributed by atoms with Crippen LogP contribution < -0.4 is 4.74 Å². The van der Waals surface area contributed by atoms with E-state index in [9.17, 15) is 14.7 Å². The molecule has 6 heteroatoms. The van der Waals surface area contributed by atoms with E-state index in [1.807, 2.05) is 24.3 Å². The van der Waals surface area contributed by atoms with Crippen LogP contribution in [0, 0.1) is 5.92 Å². The SMILES string of the molecule is C=C(C)C(=O)OCC(CCCCCCOc1ccc(/C=C/C(=O)OC)cc1)C(O)CCCCCC. The van der Waals surface area contributed by atoms with Gasteiger partial charge in [-0.3, -0.25) is 0 Å². The monoisotopic (exact) mass is 488 g/mol. The number of esters is 2. The molecule has 1 N–H and O–H groups in total. The Bertz CT molecular complexity index is 768. The summed E-state index contributed by atoms with van der Waals surface area (Å²) in [6.45, 7) is 8.31. The van der Waals surface area contributed by atoms with Crippen LogP contribution in [0.25, 0.3) is 6.08 Å². The number of unbranched alkanes of at least 4 members (excludes halogenated alkanes) is 6. The summed E-state index contributed by atoms with van der Waals surface area (Å²) in [6, 6.07) is 7.55. The molecule has 6 nitrogen and oxygen atoms in total. The minimum Gasteiger partial charge on any atom is -0.494 e. The number of aliphatic hydroxyl groups excluding tert-OH is 1. The zero-order valence-electron chi connectivity index (χ0n) is 21.8. The Balaban J connectivity index is 2.31. The summed E-state index contributed by atoms with van der Waals surface area (Å²) < 4.78 is 15.7. The molecule has 1 rings (SSSR count). The first kappa shape index (κ1) is 30.4. The lowest BCUT2D eigenvalue weighted by Crippen LogP contribution is -2.26. The molecule has 0 aliphatic heterocycles. The van der Waals surface area contributed by atoms with Crippen LogP contribution in [0.3, 0.4) is 0 Å². The minimum atomic E-state index is -0.446. The summed E-state index contributed by atoms with van der Waals surface area (Å²) in [5.74, 6) is -0.0161. The number of methoxy groups -OCH3 is 1. The largest absolute Gasteiger partial charge is 0.494 e. The van der Waals surface area contributed by atoms with Crippen LogP contribution in [0.5, 0.6) is 5.75 Å². The van der Waals surface area contributed by atoms with Gasteiger partial charge in [-0.15, -0.1) is 0 Å². The van der Waals surface area contributed by atoms with E-state index in [1.165, 1.54) is 26.0 Å². The third kappa shape index (κ3) is 14.4. The van der Waals surface area contributed by atoms with Crippen molar-refractivity contribution >= 4 is 18.0 Å². The van der Waals surface area contributed by atoms with Crippen LogP contribution in [-0.2, 0) is 19.1 Å². The van der Waals surface area contributed by atoms with Crippen molar-refractivity contribution in [1.82, 2.24) is 0 Å². The quantitative estimate of drug-likeness (QED) is 0.140. The smallest absolute Gasteiger partial charge is 0.333 e. The molecule has 0 aliphatic rings. The molecule has 0 fully saturated rings. The van der Waals surface area contributed by atoms with Gasteiger partial charge in [0.2, 0.25) is 0 Å². The van der Waals surface area contributed by atoms with Gasteiger partial charge in [-0.25, -0.2) is 9.59 Å². The molecule has 0 saturated carbocycles. The van der Waals surface area contributed by atoms with Crippen molar-refractivity contribution in [3.05, 3.63) is 48.1 Å². The zero-order valence-corrected chi connectivity index (χ0v) is 21.8. The van der Waals surface area contributed by atoms with Crippen LogP contribution in [0.15, 0.2) is 42.5 Å². The molecule has 1 aromatic carbocycles. The summed E-state index contributed by atoms with van der Waals surface area (Å²) in [6.07, 6.45) is 12.7. The second-order valence-corrected chi connectivity index (χ2v) is 9.03. The Hall–Kier alpha value is -2.60. The van der Waals surface area contributed by atoms with E-state index in [4.69, 9.17) is 9.47 Å². The fourth-order valence-electron chi connectivity index (χ4n) is 3.67. The number of rotatable bonds is 19. The molecule has 0 aliphatic carbocycles. The van der Waals surface area contributed by atoms with E-state index in [-0.39, 0.29) is 18.5 Å². The number of carbonyl (C=O) groups excluding carboxylic acids is 2. The van der Waals surface area contributed by atoms with Crippen LogP contribution >= 0.6 is 0 Å². The molecule has 0 bridgehead atoms. The highest BCUT2D eigenvalue weighted by Gasteiger charge is 2.20. The highest BCUT2D eigenvalue weighted by molar-refractivity contribution is 5.87. The van der Waals surface area contributed by atoms with Gasteiger partial charge in [-0.1, -0.05) is 70.6 Å². The molecule has 2 unspecified atom stereocenters. The van der Waals surface area contributed by atoms with Gasteiger partial charge >= 0.3 is 11.9 Å². The summed E-state index contributed by atoms with van der Waals surface area (Å²) in [7, 11) is 1.35. The van der Waals surface area contributed by atoms with Gasteiger partial charge in [-0.2, -0.15) is 0 Å². The highest BCUT2D eigenvalue weighted by atomic mass is 16.5. The maximum absolute atomic E-state index is 11.8. The van der Waals surface area contributed by atoms with Crippen molar-refractivity contribution in [2.75, 3.05) is 20.3 Å². The van der Waals surface area contributed by atoms with Gasteiger partial charge in [0.1, 0.15) is 5.75 Å². The van der Waals surface area contributed by atoms with Crippen LogP contribution in [0.2, 0.25) is 0 Å². The second kappa shape index (κ2) is 18.7. The van der Waals surface area contributed by atoms with Gasteiger partial charge in [0.25, 0.3) is 0 Å². The van der Waals surface area contributed by atoms with Crippen molar-refractivity contribution in [2.45, 2.75) is 84.2 Å². The Labute approximate surface area is 211 Å². The summed E-state index contributed by atoms with van der Waals surface area (Å²) >= 11 is 0. The second-order valence-electron chi connectivity index (χ2n) is 9.03. The normalized spacial score (nSPS) is 12.8. The van der Waals surface area contributed by atoms with Crippen molar-refractivity contribution in [1.29, 1.82) is 0 Å². The van der Waals surface area contributed by atoms with E-state index in [1.54, 1.807) is 13.0 Å². The standard InChI is InChI=1S/C29H44O6/c1-5-6-7-11-14-27(30)25(22-35-29(32)23(2)3)13-10-8-9-12-21-34-26-18-15-24(16-19-26)17-20-28(31)33-4/h15-20,25,27,30H,2,5-14,21-22H2,1,3-4H3/b20-17+. The molecule has 0 saturated heterocycles. The van der Waals surface area contributed by atoms with Crippen LogP contribution in [0.4, 0.5) is 0 Å². The molecule has 0 aromatic heterocycles. The lowest BCUT2D eigenvalue weighted by molar-refractivity contribution is -0.141. The number of ether oxygens (including phenoxy) is 3. The van der Waals surface area contributed by atoms with Gasteiger partial charge in [0, 0.05) is 17.6 Å². The fourth-order valence-corrected chi connectivity index (χ4v) is 3.67. The average molecular weight is 489 g/mol. The van der Waals surface area contributed by atoms with Crippen LogP contribution in [-0.4, -0.2) is 43.5 Å². The molecular weight excluding hydrogens is 444 g/mol. The Morgan fingerprint density at radius 1 is 1.00 bits per heavy atom. The third-order valence-corrected chi connectivity index (χ3v) is 5.91. The van der Waals surface area contributed by atoms with Crippen molar-refractivity contribution in [2.24, 2.45) is 5.92 Å². The molecule has 35 heavy (non-hydrogen) atoms. The van der Waals surface area contributed by atoms with Gasteiger partial charge in [0.15, 0.2) is 0 Å². The molecule has 0 radical (unpaired) electrons. The number of hydrogen-bond donors (Lipinski definition) is 1. The van der Waals surface area contributed by atoms with Crippen molar-refractivity contribution in [3.63, 3.8) is 0 Å². The van der Waals surface area contributed by atoms with Gasteiger partial charge in [0.05, 0.1) is 26.4 Å². The maximum Gasteiger partial charge on any atom is 0.333 e. The lowest BCUT2D eigenvalue weighted by Gasteiger charge is -2.23. The molecule has 0 heterocycles. The van der Waals surface area contributed by atoms with Gasteiger partial charge < -0.3 is 19.3 Å². The molecule has 196 valence electrons. The topological polar surface area (TPSA) is 82.1 Å². The number of benzene rings is 1. The fraction of sp³-hybridized carbons (Fsp3) is 0.586. The van der Waals surface area contributed by atoms with Gasteiger partial charge in [-0.05, 0) is 50.0 Å². The number of hydrogen-bond acceptors (Lipinski definition) is 6. The predicted molar refractivity (Wildman–Crippen MR) is 140 cm³/mol. The summed E-state index contributed by atoms with van der Waals surface area (Å²) in [5.41, 5.74) is 1.28. The molecule has 2 atom stereocenters.